The minimum absolute atomic E-state index is 0.0381. The third-order valence-corrected chi connectivity index (χ3v) is 5.30. The number of hydrogen-bond donors (Lipinski definition) is 2. The van der Waals surface area contributed by atoms with Gasteiger partial charge in [-0.3, -0.25) is 4.79 Å². The van der Waals surface area contributed by atoms with Gasteiger partial charge in [0.15, 0.2) is 0 Å². The smallest absolute Gasteiger partial charge is 0.305 e. The summed E-state index contributed by atoms with van der Waals surface area (Å²) < 4.78 is 38.4. The van der Waals surface area contributed by atoms with Crippen molar-refractivity contribution in [2.45, 2.75) is 24.3 Å². The first-order valence-corrected chi connectivity index (χ1v) is 9.28. The van der Waals surface area contributed by atoms with Crippen LogP contribution >= 0.6 is 0 Å². The van der Waals surface area contributed by atoms with Gasteiger partial charge in [0.1, 0.15) is 16.4 Å². The van der Waals surface area contributed by atoms with Gasteiger partial charge in [0.2, 0.25) is 10.0 Å². The van der Waals surface area contributed by atoms with E-state index in [4.69, 9.17) is 9.47 Å². The molecule has 7 nitrogen and oxygen atoms in total. The van der Waals surface area contributed by atoms with E-state index in [-0.39, 0.29) is 10.6 Å². The Kier molecular flexibility index (Phi) is 6.23. The monoisotopic (exact) mass is 379 g/mol. The van der Waals surface area contributed by atoms with Crippen molar-refractivity contribution in [2.75, 3.05) is 14.2 Å². The molecule has 0 spiro atoms. The predicted molar refractivity (Wildman–Crippen MR) is 96.0 cm³/mol. The molecule has 0 bridgehead atoms. The summed E-state index contributed by atoms with van der Waals surface area (Å²) in [5.74, 6) is -0.345. The lowest BCUT2D eigenvalue weighted by Crippen LogP contribution is -2.30. The van der Waals surface area contributed by atoms with Gasteiger partial charge in [-0.25, -0.2) is 13.1 Å². The number of aryl methyl sites for hydroxylation is 1. The number of carbonyl (C=O) groups is 1. The first kappa shape index (κ1) is 19.7. The molecule has 0 fully saturated rings. The predicted octanol–water partition coefficient (Wildman–Crippen LogP) is 2.51. The molecule has 2 aromatic rings. The zero-order valence-corrected chi connectivity index (χ0v) is 15.5. The van der Waals surface area contributed by atoms with Crippen LogP contribution in [0.3, 0.4) is 0 Å². The minimum atomic E-state index is -4.00. The van der Waals surface area contributed by atoms with Crippen LogP contribution in [-0.4, -0.2) is 33.7 Å². The Labute approximate surface area is 152 Å². The lowest BCUT2D eigenvalue weighted by atomic mass is 10.0. The van der Waals surface area contributed by atoms with Crippen LogP contribution in [0.15, 0.2) is 47.4 Å². The molecule has 0 heterocycles. The number of rotatable bonds is 8. The second-order valence-corrected chi connectivity index (χ2v) is 7.38. The Bertz CT molecular complexity index is 877. The molecule has 0 aliphatic rings. The van der Waals surface area contributed by atoms with E-state index < -0.39 is 28.5 Å². The first-order valence-electron chi connectivity index (χ1n) is 7.79. The maximum absolute atomic E-state index is 12.8. The van der Waals surface area contributed by atoms with Gasteiger partial charge in [-0.2, -0.15) is 0 Å². The fourth-order valence-electron chi connectivity index (χ4n) is 2.48. The number of sulfonamides is 1. The molecule has 0 aromatic heterocycles. The number of benzene rings is 2. The van der Waals surface area contributed by atoms with Crippen LogP contribution < -0.4 is 14.2 Å². The van der Waals surface area contributed by atoms with Crippen LogP contribution in [0.5, 0.6) is 11.5 Å². The molecule has 2 N–H and O–H groups in total. The highest BCUT2D eigenvalue weighted by atomic mass is 32.2. The molecule has 0 aliphatic carbocycles. The number of hydrogen-bond acceptors (Lipinski definition) is 5. The second kappa shape index (κ2) is 8.20. The van der Waals surface area contributed by atoms with Gasteiger partial charge >= 0.3 is 5.97 Å². The fraction of sp³-hybridized carbons (Fsp3) is 0.278. The molecular formula is C18H21NO6S. The minimum Gasteiger partial charge on any atom is -0.497 e. The molecule has 2 aromatic carbocycles. The zero-order valence-electron chi connectivity index (χ0n) is 14.7. The van der Waals surface area contributed by atoms with E-state index in [1.165, 1.54) is 20.3 Å². The van der Waals surface area contributed by atoms with Gasteiger partial charge in [-0.15, -0.1) is 0 Å². The molecule has 0 aliphatic heterocycles. The Morgan fingerprint density at radius 2 is 1.77 bits per heavy atom. The average molecular weight is 379 g/mol. The molecule has 26 heavy (non-hydrogen) atoms. The number of carboxylic acids is 1. The summed E-state index contributed by atoms with van der Waals surface area (Å²) in [6, 6.07) is 10.4. The lowest BCUT2D eigenvalue weighted by Gasteiger charge is -2.19. The van der Waals surface area contributed by atoms with Gasteiger partial charge in [0, 0.05) is 0 Å². The summed E-state index contributed by atoms with van der Waals surface area (Å²) in [7, 11) is -1.12. The summed E-state index contributed by atoms with van der Waals surface area (Å²) in [4.78, 5) is 11.2. The van der Waals surface area contributed by atoms with E-state index in [2.05, 4.69) is 4.72 Å². The van der Waals surface area contributed by atoms with Crippen molar-refractivity contribution < 1.29 is 27.8 Å². The third kappa shape index (κ3) is 4.74. The van der Waals surface area contributed by atoms with Crippen LogP contribution in [0.1, 0.15) is 23.6 Å². The molecule has 8 heteroatoms. The number of ether oxygens (including phenoxy) is 2. The topological polar surface area (TPSA) is 102 Å². The van der Waals surface area contributed by atoms with Crippen molar-refractivity contribution in [3.8, 4) is 11.5 Å². The Hall–Kier alpha value is -2.58. The van der Waals surface area contributed by atoms with E-state index in [1.54, 1.807) is 43.3 Å². The van der Waals surface area contributed by atoms with Crippen molar-refractivity contribution in [2.24, 2.45) is 0 Å². The lowest BCUT2D eigenvalue weighted by molar-refractivity contribution is -0.137. The van der Waals surface area contributed by atoms with Crippen molar-refractivity contribution in [1.29, 1.82) is 0 Å². The van der Waals surface area contributed by atoms with E-state index in [0.29, 0.717) is 11.3 Å². The Morgan fingerprint density at radius 1 is 1.12 bits per heavy atom. The molecule has 2 rings (SSSR count). The van der Waals surface area contributed by atoms with E-state index in [1.807, 2.05) is 0 Å². The molecular weight excluding hydrogens is 358 g/mol. The summed E-state index contributed by atoms with van der Waals surface area (Å²) in [5.41, 5.74) is 1.26. The third-order valence-electron chi connectivity index (χ3n) is 3.80. The highest BCUT2D eigenvalue weighted by molar-refractivity contribution is 7.89. The maximum atomic E-state index is 12.8. The quantitative estimate of drug-likeness (QED) is 0.731. The Morgan fingerprint density at radius 3 is 2.31 bits per heavy atom. The van der Waals surface area contributed by atoms with Crippen LogP contribution in [0.25, 0.3) is 0 Å². The highest BCUT2D eigenvalue weighted by Crippen LogP contribution is 2.28. The zero-order chi connectivity index (χ0) is 19.3. The van der Waals surface area contributed by atoms with Crippen molar-refractivity contribution in [1.82, 2.24) is 4.72 Å². The average Bonchev–Trinajstić information content (AvgIpc) is 2.60. The number of methoxy groups -OCH3 is 2. The van der Waals surface area contributed by atoms with Crippen LogP contribution in [0.4, 0.5) is 0 Å². The van der Waals surface area contributed by atoms with Gasteiger partial charge in [0.05, 0.1) is 26.7 Å². The van der Waals surface area contributed by atoms with E-state index in [0.717, 1.165) is 5.56 Å². The van der Waals surface area contributed by atoms with E-state index >= 15 is 0 Å². The number of aliphatic carboxylic acids is 1. The summed E-state index contributed by atoms with van der Waals surface area (Å²) in [6.07, 6.45) is -0.403. The van der Waals surface area contributed by atoms with Crippen LogP contribution in [0, 0.1) is 6.92 Å². The molecule has 1 atom stereocenters. The molecule has 0 radical (unpaired) electrons. The van der Waals surface area contributed by atoms with E-state index in [9.17, 15) is 18.3 Å². The number of carboxylic acid groups (broad SMARTS) is 1. The Balaban J connectivity index is 2.40. The van der Waals surface area contributed by atoms with Gasteiger partial charge < -0.3 is 14.6 Å². The molecule has 0 amide bonds. The highest BCUT2D eigenvalue weighted by Gasteiger charge is 2.26. The van der Waals surface area contributed by atoms with Crippen LogP contribution in [-0.2, 0) is 14.8 Å². The standard InChI is InChI=1S/C18H21NO6S/c1-12-4-9-16(25-3)17(10-12)26(22,23)19-15(11-18(20)21)13-5-7-14(24-2)8-6-13/h4-10,15,19H,11H2,1-3H3,(H,20,21)/t15-/m1/s1. The normalized spacial score (nSPS) is 12.4. The molecule has 0 unspecified atom stereocenters. The fourth-order valence-corrected chi connectivity index (χ4v) is 3.96. The van der Waals surface area contributed by atoms with Gasteiger partial charge in [0.25, 0.3) is 0 Å². The summed E-state index contributed by atoms with van der Waals surface area (Å²) in [5, 5.41) is 9.17. The molecule has 140 valence electrons. The maximum Gasteiger partial charge on any atom is 0.305 e. The summed E-state index contributed by atoms with van der Waals surface area (Å²) >= 11 is 0. The van der Waals surface area contributed by atoms with Gasteiger partial charge in [-0.05, 0) is 42.3 Å². The second-order valence-electron chi connectivity index (χ2n) is 5.70. The SMILES string of the molecule is COc1ccc([C@@H](CC(=O)O)NS(=O)(=O)c2cc(C)ccc2OC)cc1. The summed E-state index contributed by atoms with van der Waals surface area (Å²) in [6.45, 7) is 1.76. The molecule has 0 saturated heterocycles. The van der Waals surface area contributed by atoms with Crippen molar-refractivity contribution in [3.63, 3.8) is 0 Å². The van der Waals surface area contributed by atoms with Gasteiger partial charge in [-0.1, -0.05) is 18.2 Å². The van der Waals surface area contributed by atoms with Crippen molar-refractivity contribution in [3.05, 3.63) is 53.6 Å². The number of nitrogens with one attached hydrogen (secondary N) is 1. The largest absolute Gasteiger partial charge is 0.497 e. The molecule has 0 saturated carbocycles. The van der Waals surface area contributed by atoms with Crippen LogP contribution in [0.2, 0.25) is 0 Å². The van der Waals surface area contributed by atoms with Crippen molar-refractivity contribution >= 4 is 16.0 Å². The first-order chi connectivity index (χ1) is 12.3.